The molecule has 2 aromatic carbocycles. The number of thioether (sulfide) groups is 1. The molecule has 1 heterocycles. The molecule has 3 rings (SSSR count). The van der Waals surface area contributed by atoms with Crippen LogP contribution in [0.2, 0.25) is 0 Å². The second kappa shape index (κ2) is 23.3. The van der Waals surface area contributed by atoms with Crippen molar-refractivity contribution in [3.63, 3.8) is 0 Å². The van der Waals surface area contributed by atoms with Crippen molar-refractivity contribution < 1.29 is 13.2 Å². The van der Waals surface area contributed by atoms with Crippen LogP contribution < -0.4 is 9.05 Å². The van der Waals surface area contributed by atoms with Crippen LogP contribution in [0.25, 0.3) is 0 Å². The van der Waals surface area contributed by atoms with Crippen LogP contribution in [0.5, 0.6) is 11.5 Å². The number of unbranched alkanes of at least 4 members (excludes halogenated alkanes) is 6. The zero-order chi connectivity index (χ0) is 35.6. The first-order chi connectivity index (χ1) is 23.5. The van der Waals surface area contributed by atoms with Crippen LogP contribution in [-0.2, 0) is 25.7 Å². The highest BCUT2D eigenvalue weighted by Crippen LogP contribution is 2.51. The first-order valence-corrected chi connectivity index (χ1v) is 22.2. The SMILES string of the molecule is CC(C)CCCCCc1ccc(OP(F)Oc2c3cc(CCCCCC(C)C)cc2SC(CCCC(C)C)C3)c(CCCCCC(C)C)c1. The van der Waals surface area contributed by atoms with E-state index in [0.29, 0.717) is 11.0 Å². The van der Waals surface area contributed by atoms with Gasteiger partial charge in [0.15, 0.2) is 0 Å². The van der Waals surface area contributed by atoms with Gasteiger partial charge >= 0.3 is 8.69 Å². The first-order valence-electron chi connectivity index (χ1n) is 20.3. The van der Waals surface area contributed by atoms with Crippen LogP contribution in [0.3, 0.4) is 0 Å². The molecule has 0 aliphatic carbocycles. The van der Waals surface area contributed by atoms with Crippen molar-refractivity contribution >= 4 is 20.4 Å². The Labute approximate surface area is 307 Å². The predicted molar refractivity (Wildman–Crippen MR) is 215 cm³/mol. The lowest BCUT2D eigenvalue weighted by atomic mass is 9.97. The molecule has 0 fully saturated rings. The van der Waals surface area contributed by atoms with Gasteiger partial charge in [0.2, 0.25) is 0 Å². The molecule has 1 aliphatic heterocycles. The molecule has 49 heavy (non-hydrogen) atoms. The van der Waals surface area contributed by atoms with Gasteiger partial charge in [0.1, 0.15) is 11.5 Å². The van der Waals surface area contributed by atoms with Gasteiger partial charge in [0.25, 0.3) is 0 Å². The summed E-state index contributed by atoms with van der Waals surface area (Å²) in [6.07, 6.45) is 22.7. The van der Waals surface area contributed by atoms with Crippen LogP contribution in [0.15, 0.2) is 35.2 Å². The van der Waals surface area contributed by atoms with Crippen molar-refractivity contribution in [3.05, 3.63) is 52.6 Å². The lowest BCUT2D eigenvalue weighted by molar-refractivity contribution is 0.425. The molecular formula is C44H72FO2PS. The maximum absolute atomic E-state index is 15.9. The molecule has 2 bridgehead atoms. The number of hydrogen-bond acceptors (Lipinski definition) is 3. The zero-order valence-corrected chi connectivity index (χ0v) is 34.5. The number of aryl methyl sites for hydroxylation is 3. The van der Waals surface area contributed by atoms with Crippen molar-refractivity contribution in [1.29, 1.82) is 0 Å². The summed E-state index contributed by atoms with van der Waals surface area (Å²) in [6.45, 7) is 18.4. The summed E-state index contributed by atoms with van der Waals surface area (Å²) in [5.74, 6) is 4.41. The maximum Gasteiger partial charge on any atom is 0.505 e. The van der Waals surface area contributed by atoms with E-state index >= 15 is 4.20 Å². The van der Waals surface area contributed by atoms with Crippen LogP contribution in [0, 0.1) is 23.7 Å². The van der Waals surface area contributed by atoms with Gasteiger partial charge < -0.3 is 9.05 Å². The molecule has 5 heteroatoms. The maximum atomic E-state index is 15.9. The number of fused-ring (bicyclic) bond motifs is 2. The third kappa shape index (κ3) is 17.2. The van der Waals surface area contributed by atoms with Gasteiger partial charge in [-0.3, -0.25) is 0 Å². The number of benzene rings is 2. The van der Waals surface area contributed by atoms with E-state index in [9.17, 15) is 0 Å². The van der Waals surface area contributed by atoms with E-state index < -0.39 is 8.69 Å². The van der Waals surface area contributed by atoms with Gasteiger partial charge in [-0.25, -0.2) is 0 Å². The van der Waals surface area contributed by atoms with Gasteiger partial charge in [-0.15, -0.1) is 16.0 Å². The van der Waals surface area contributed by atoms with Gasteiger partial charge in [-0.1, -0.05) is 144 Å². The van der Waals surface area contributed by atoms with Gasteiger partial charge in [0, 0.05) is 5.25 Å². The Morgan fingerprint density at radius 2 is 1.18 bits per heavy atom. The van der Waals surface area contributed by atoms with Crippen LogP contribution in [0.4, 0.5) is 4.20 Å². The lowest BCUT2D eigenvalue weighted by Crippen LogP contribution is -2.14. The highest BCUT2D eigenvalue weighted by atomic mass is 32.2. The minimum absolute atomic E-state index is 0.531. The fourth-order valence-electron chi connectivity index (χ4n) is 6.99. The predicted octanol–water partition coefficient (Wildman–Crippen LogP) is 15.5. The third-order valence-corrected chi connectivity index (χ3v) is 11.9. The van der Waals surface area contributed by atoms with E-state index in [1.165, 1.54) is 107 Å². The molecule has 2 atom stereocenters. The van der Waals surface area contributed by atoms with E-state index in [-0.39, 0.29) is 0 Å². The largest absolute Gasteiger partial charge is 0.505 e. The van der Waals surface area contributed by atoms with Crippen molar-refractivity contribution in [1.82, 2.24) is 0 Å². The molecular weight excluding hydrogens is 643 g/mol. The van der Waals surface area contributed by atoms with Crippen LogP contribution in [0.1, 0.15) is 174 Å². The van der Waals surface area contributed by atoms with Crippen molar-refractivity contribution in [2.45, 2.75) is 188 Å². The molecule has 2 unspecified atom stereocenters. The van der Waals surface area contributed by atoms with E-state index in [1.54, 1.807) is 0 Å². The standard InChI is InChI=1S/C44H72FO2PS/c1-33(2)19-12-9-15-23-37-27-28-42(39(29-37)25-17-11-14-21-35(5)6)46-48(45)47-44-40-30-38(24-16-10-13-20-34(3)4)31-43(44)49-41(32-40)26-18-22-36(7)8/h27-31,33-36,41H,9-26,32H2,1-8H3. The Morgan fingerprint density at radius 3 is 1.76 bits per heavy atom. The molecule has 0 saturated carbocycles. The Hall–Kier alpha value is -1.25. The molecule has 0 aromatic heterocycles. The monoisotopic (exact) mass is 714 g/mol. The first kappa shape index (κ1) is 42.2. The molecule has 0 saturated heterocycles. The minimum Gasteiger partial charge on any atom is -0.414 e. The molecule has 0 N–H and O–H groups in total. The highest BCUT2D eigenvalue weighted by Gasteiger charge is 2.29. The smallest absolute Gasteiger partial charge is 0.414 e. The third-order valence-electron chi connectivity index (χ3n) is 9.92. The molecule has 278 valence electrons. The van der Waals surface area contributed by atoms with E-state index in [4.69, 9.17) is 9.05 Å². The molecule has 2 aromatic rings. The van der Waals surface area contributed by atoms with E-state index in [1.807, 2.05) is 17.8 Å². The second-order valence-corrected chi connectivity index (χ2v) is 18.8. The second-order valence-electron chi connectivity index (χ2n) is 16.7. The van der Waals surface area contributed by atoms with Crippen molar-refractivity contribution in [3.8, 4) is 11.5 Å². The summed E-state index contributed by atoms with van der Waals surface area (Å²) in [5.41, 5.74) is 5.03. The van der Waals surface area contributed by atoms with Crippen LogP contribution in [-0.4, -0.2) is 5.25 Å². The Bertz CT molecular complexity index is 1170. The summed E-state index contributed by atoms with van der Waals surface area (Å²) in [6, 6.07) is 11.1. The van der Waals surface area contributed by atoms with E-state index in [0.717, 1.165) is 72.0 Å². The quantitative estimate of drug-likeness (QED) is 0.0714. The highest BCUT2D eigenvalue weighted by molar-refractivity contribution is 8.00. The topological polar surface area (TPSA) is 18.5 Å². The van der Waals surface area contributed by atoms with Gasteiger partial charge in [-0.05, 0) is 109 Å². The molecule has 0 amide bonds. The molecule has 2 nitrogen and oxygen atoms in total. The number of rotatable bonds is 26. The van der Waals surface area contributed by atoms with Gasteiger partial charge in [-0.2, -0.15) is 0 Å². The average Bonchev–Trinajstić information content (AvgIpc) is 3.01. The van der Waals surface area contributed by atoms with Crippen LogP contribution >= 0.6 is 20.4 Å². The summed E-state index contributed by atoms with van der Waals surface area (Å²) >= 11 is 1.91. The average molecular weight is 715 g/mol. The van der Waals surface area contributed by atoms with Gasteiger partial charge in [0.05, 0.1) is 4.90 Å². The van der Waals surface area contributed by atoms with E-state index in [2.05, 4.69) is 79.7 Å². The molecule has 1 aliphatic rings. The summed E-state index contributed by atoms with van der Waals surface area (Å²) in [5, 5.41) is 0.531. The Morgan fingerprint density at radius 1 is 0.633 bits per heavy atom. The summed E-state index contributed by atoms with van der Waals surface area (Å²) in [4.78, 5) is 1.11. The van der Waals surface area contributed by atoms with Crippen molar-refractivity contribution in [2.75, 3.05) is 0 Å². The van der Waals surface area contributed by atoms with Crippen molar-refractivity contribution in [2.24, 2.45) is 23.7 Å². The lowest BCUT2D eigenvalue weighted by Gasteiger charge is -2.28. The summed E-state index contributed by atoms with van der Waals surface area (Å²) < 4.78 is 28.1. The molecule has 0 radical (unpaired) electrons. The normalized spacial score (nSPS) is 15.2. The Kier molecular flexibility index (Phi) is 20.1. The molecule has 0 spiro atoms. The fourth-order valence-corrected chi connectivity index (χ4v) is 9.19. The fraction of sp³-hybridized carbons (Fsp3) is 0.727. The Balaban J connectivity index is 1.69. The zero-order valence-electron chi connectivity index (χ0n) is 32.8. The minimum atomic E-state index is -2.59. The number of hydrogen-bond donors (Lipinski definition) is 0. The summed E-state index contributed by atoms with van der Waals surface area (Å²) in [7, 11) is -2.59. The number of halogens is 1.